The molecule has 2 rings (SSSR count). The van der Waals surface area contributed by atoms with Gasteiger partial charge in [-0.2, -0.15) is 0 Å². The van der Waals surface area contributed by atoms with Gasteiger partial charge in [0.05, 0.1) is 17.8 Å². The fourth-order valence-electron chi connectivity index (χ4n) is 3.07. The molecule has 0 atom stereocenters. The topological polar surface area (TPSA) is 24.9 Å². The molecule has 2 aliphatic heterocycles. The molecule has 4 nitrogen and oxygen atoms in total. The molecule has 0 amide bonds. The normalized spacial score (nSPS) is 21.3. The Hall–Kier alpha value is -0.160. The Bertz CT molecular complexity index is 342. The molecule has 0 N–H and O–H groups in total. The molecule has 0 bridgehead atoms. The van der Waals surface area contributed by atoms with Gasteiger partial charge in [-0.15, -0.1) is 0 Å². The third-order valence-corrected chi connectivity index (χ3v) is 4.88. The van der Waals surface area contributed by atoms with Crippen LogP contribution in [0.2, 0.25) is 0 Å². The molecule has 2 heterocycles. The summed E-state index contributed by atoms with van der Waals surface area (Å²) in [5.74, 6) is 0.717. The van der Waals surface area contributed by atoms with Crippen LogP contribution in [-0.4, -0.2) is 73.5 Å². The molecule has 0 aromatic heterocycles. The van der Waals surface area contributed by atoms with Gasteiger partial charge in [-0.25, -0.2) is 0 Å². The third-order valence-electron chi connectivity index (χ3n) is 4.88. The zero-order valence-electron chi connectivity index (χ0n) is 16.1. The number of ether oxygens (including phenoxy) is 2. The van der Waals surface area contributed by atoms with Crippen molar-refractivity contribution in [2.75, 3.05) is 52.5 Å². The van der Waals surface area contributed by atoms with E-state index < -0.39 is 0 Å². The summed E-state index contributed by atoms with van der Waals surface area (Å²) in [5.41, 5.74) is -0.00571. The van der Waals surface area contributed by atoms with Gasteiger partial charge in [0.2, 0.25) is 0 Å². The first-order valence-corrected chi connectivity index (χ1v) is 9.46. The lowest BCUT2D eigenvalue weighted by atomic mass is 9.98. The fourth-order valence-corrected chi connectivity index (χ4v) is 3.07. The zero-order valence-corrected chi connectivity index (χ0v) is 16.1. The second kappa shape index (κ2) is 8.28. The number of likely N-dealkylation sites (tertiary alicyclic amines) is 2. The van der Waals surface area contributed by atoms with Gasteiger partial charge in [0.25, 0.3) is 0 Å². The zero-order chi connectivity index (χ0) is 16.9. The van der Waals surface area contributed by atoms with Crippen LogP contribution in [-0.2, 0) is 9.47 Å². The maximum absolute atomic E-state index is 6.11. The van der Waals surface area contributed by atoms with Gasteiger partial charge in [-0.05, 0) is 67.0 Å². The Kier molecular flexibility index (Phi) is 6.90. The smallest absolute Gasteiger partial charge is 0.0638 e. The Balaban J connectivity index is 1.48. The fraction of sp³-hybridized carbons (Fsp3) is 1.00. The number of hydrogen-bond donors (Lipinski definition) is 0. The first kappa shape index (κ1) is 19.2. The van der Waals surface area contributed by atoms with Gasteiger partial charge >= 0.3 is 0 Å². The summed E-state index contributed by atoms with van der Waals surface area (Å²) in [6, 6.07) is 0. The minimum atomic E-state index is -0.00763. The summed E-state index contributed by atoms with van der Waals surface area (Å²) in [6.07, 6.45) is 3.66. The van der Waals surface area contributed by atoms with E-state index in [2.05, 4.69) is 44.4 Å². The van der Waals surface area contributed by atoms with Gasteiger partial charge in [0.15, 0.2) is 0 Å². The highest BCUT2D eigenvalue weighted by molar-refractivity contribution is 4.82. The molecular weight excluding hydrogens is 288 g/mol. The molecule has 0 spiro atoms. The van der Waals surface area contributed by atoms with Crippen LogP contribution < -0.4 is 0 Å². The van der Waals surface area contributed by atoms with Crippen LogP contribution in [0.15, 0.2) is 0 Å². The Morgan fingerprint density at radius 1 is 0.913 bits per heavy atom. The van der Waals surface area contributed by atoms with E-state index in [9.17, 15) is 0 Å². The number of hydrogen-bond acceptors (Lipinski definition) is 4. The maximum atomic E-state index is 6.11. The quantitative estimate of drug-likeness (QED) is 0.576. The van der Waals surface area contributed by atoms with E-state index in [1.807, 2.05) is 0 Å². The lowest BCUT2D eigenvalue weighted by Gasteiger charge is -2.41. The van der Waals surface area contributed by atoms with Crippen molar-refractivity contribution in [1.82, 2.24) is 9.80 Å². The summed E-state index contributed by atoms with van der Waals surface area (Å²) in [7, 11) is 0. The lowest BCUT2D eigenvalue weighted by molar-refractivity contribution is -0.0675. The Morgan fingerprint density at radius 3 is 2.17 bits per heavy atom. The summed E-state index contributed by atoms with van der Waals surface area (Å²) in [6.45, 7) is 19.9. The molecule has 0 aliphatic carbocycles. The lowest BCUT2D eigenvalue weighted by Crippen LogP contribution is -2.50. The van der Waals surface area contributed by atoms with E-state index in [0.29, 0.717) is 0 Å². The van der Waals surface area contributed by atoms with Gasteiger partial charge in [0.1, 0.15) is 0 Å². The monoisotopic (exact) mass is 326 g/mol. The molecule has 2 saturated heterocycles. The highest BCUT2D eigenvalue weighted by Crippen LogP contribution is 2.22. The van der Waals surface area contributed by atoms with Crippen molar-refractivity contribution >= 4 is 0 Å². The standard InChI is InChI=1S/C19H38N2O2/c1-18(2,3)23-16-17-14-21(15-17)12-8-19(4,5)22-13-7-11-20-9-6-10-20/h17H,6-16H2,1-5H3. The van der Waals surface area contributed by atoms with Crippen LogP contribution in [0.25, 0.3) is 0 Å². The predicted octanol–water partition coefficient (Wildman–Crippen LogP) is 3.01. The van der Waals surface area contributed by atoms with Crippen molar-refractivity contribution in [3.8, 4) is 0 Å². The highest BCUT2D eigenvalue weighted by Gasteiger charge is 2.29. The van der Waals surface area contributed by atoms with E-state index in [-0.39, 0.29) is 11.2 Å². The predicted molar refractivity (Wildman–Crippen MR) is 96.0 cm³/mol. The van der Waals surface area contributed by atoms with Crippen LogP contribution >= 0.6 is 0 Å². The van der Waals surface area contributed by atoms with Gasteiger partial charge < -0.3 is 19.3 Å². The Labute approximate surface area is 143 Å². The molecule has 0 aromatic carbocycles. The van der Waals surface area contributed by atoms with Crippen LogP contribution in [0.3, 0.4) is 0 Å². The van der Waals surface area contributed by atoms with Crippen molar-refractivity contribution in [1.29, 1.82) is 0 Å². The average Bonchev–Trinajstić information content (AvgIpc) is 2.32. The first-order chi connectivity index (χ1) is 10.7. The van der Waals surface area contributed by atoms with E-state index >= 15 is 0 Å². The average molecular weight is 327 g/mol. The molecule has 0 unspecified atom stereocenters. The maximum Gasteiger partial charge on any atom is 0.0638 e. The largest absolute Gasteiger partial charge is 0.375 e. The summed E-state index contributed by atoms with van der Waals surface area (Å²) in [5, 5.41) is 0. The molecule has 0 aromatic rings. The first-order valence-electron chi connectivity index (χ1n) is 9.46. The number of nitrogens with zero attached hydrogens (tertiary/aromatic N) is 2. The van der Waals surface area contributed by atoms with Gasteiger partial charge in [-0.3, -0.25) is 0 Å². The van der Waals surface area contributed by atoms with Crippen molar-refractivity contribution < 1.29 is 9.47 Å². The van der Waals surface area contributed by atoms with Crippen molar-refractivity contribution in [3.63, 3.8) is 0 Å². The van der Waals surface area contributed by atoms with E-state index in [0.717, 1.165) is 32.1 Å². The third kappa shape index (κ3) is 7.51. The van der Waals surface area contributed by atoms with Gasteiger partial charge in [-0.1, -0.05) is 0 Å². The summed E-state index contributed by atoms with van der Waals surface area (Å²) in [4.78, 5) is 5.04. The second-order valence-electron chi connectivity index (χ2n) is 8.96. The molecule has 23 heavy (non-hydrogen) atoms. The minimum absolute atomic E-state index is 0.00193. The summed E-state index contributed by atoms with van der Waals surface area (Å²) >= 11 is 0. The SMILES string of the molecule is CC(C)(C)OCC1CN(CCC(C)(C)OCCCN2CCC2)C1. The van der Waals surface area contributed by atoms with Crippen LogP contribution in [0, 0.1) is 5.92 Å². The highest BCUT2D eigenvalue weighted by atomic mass is 16.5. The Morgan fingerprint density at radius 2 is 1.61 bits per heavy atom. The van der Waals surface area contributed by atoms with Gasteiger partial charge in [0, 0.05) is 38.7 Å². The van der Waals surface area contributed by atoms with E-state index in [1.165, 1.54) is 45.6 Å². The molecular formula is C19H38N2O2. The van der Waals surface area contributed by atoms with E-state index in [1.54, 1.807) is 0 Å². The summed E-state index contributed by atoms with van der Waals surface area (Å²) < 4.78 is 12.0. The molecule has 0 radical (unpaired) electrons. The van der Waals surface area contributed by atoms with Crippen LogP contribution in [0.4, 0.5) is 0 Å². The van der Waals surface area contributed by atoms with Crippen molar-refractivity contribution in [3.05, 3.63) is 0 Å². The molecule has 2 aliphatic rings. The van der Waals surface area contributed by atoms with Crippen LogP contribution in [0.1, 0.15) is 53.9 Å². The molecule has 136 valence electrons. The number of rotatable bonds is 10. The van der Waals surface area contributed by atoms with Crippen molar-refractivity contribution in [2.24, 2.45) is 5.92 Å². The minimum Gasteiger partial charge on any atom is -0.375 e. The molecule has 4 heteroatoms. The van der Waals surface area contributed by atoms with Crippen molar-refractivity contribution in [2.45, 2.75) is 65.1 Å². The second-order valence-corrected chi connectivity index (χ2v) is 8.96. The molecule has 2 fully saturated rings. The molecule has 0 saturated carbocycles. The van der Waals surface area contributed by atoms with E-state index in [4.69, 9.17) is 9.47 Å². The van der Waals surface area contributed by atoms with Crippen LogP contribution in [0.5, 0.6) is 0 Å².